The summed E-state index contributed by atoms with van der Waals surface area (Å²) in [6, 6.07) is -1.78. The molecule has 0 spiro atoms. The summed E-state index contributed by atoms with van der Waals surface area (Å²) in [7, 11) is 0. The molecule has 0 bridgehead atoms. The van der Waals surface area contributed by atoms with E-state index in [-0.39, 0.29) is 31.2 Å². The number of primary amides is 1. The van der Waals surface area contributed by atoms with Gasteiger partial charge in [-0.15, -0.1) is 0 Å². The van der Waals surface area contributed by atoms with Crippen molar-refractivity contribution in [3.63, 3.8) is 0 Å². The highest BCUT2D eigenvalue weighted by atomic mass is 32.2. The Bertz CT molecular complexity index is 819. The summed E-state index contributed by atoms with van der Waals surface area (Å²) in [6.45, 7) is 9.93. The summed E-state index contributed by atoms with van der Waals surface area (Å²) in [4.78, 5) is 46.4. The standard InChI is InChI=1S/C26H44N4O5S/c1-18(2)8-6-9-19(3)10-7-11-20(4)13-15-36-17-23(25(33)34)30-24(32)22(16-29-21(5)31)12-14-28-26(27)35/h8,10,13,22-23H,6-7,9,11-12,14-17H2,1-5H3,(H,29,31)(H,30,32)(H,33,34)(H3,27,28,35). The highest BCUT2D eigenvalue weighted by Gasteiger charge is 2.25. The van der Waals surface area contributed by atoms with Gasteiger partial charge in [0.2, 0.25) is 11.8 Å². The van der Waals surface area contributed by atoms with Crippen LogP contribution >= 0.6 is 11.8 Å². The lowest BCUT2D eigenvalue weighted by Gasteiger charge is -2.20. The van der Waals surface area contributed by atoms with Crippen molar-refractivity contribution in [3.8, 4) is 0 Å². The number of allylic oxidation sites excluding steroid dienone is 5. The lowest BCUT2D eigenvalue weighted by molar-refractivity contribution is -0.141. The number of carbonyl (C=O) groups excluding carboxylic acids is 3. The van der Waals surface area contributed by atoms with Gasteiger partial charge in [-0.25, -0.2) is 9.59 Å². The molecule has 204 valence electrons. The number of hydrogen-bond acceptors (Lipinski definition) is 5. The number of hydrogen-bond donors (Lipinski definition) is 5. The third kappa shape index (κ3) is 18.6. The van der Waals surface area contributed by atoms with Crippen molar-refractivity contribution in [3.05, 3.63) is 34.9 Å². The fourth-order valence-corrected chi connectivity index (χ4v) is 4.15. The molecule has 0 aromatic rings. The third-order valence-electron chi connectivity index (χ3n) is 5.33. The second-order valence-corrected chi connectivity index (χ2v) is 10.2. The lowest BCUT2D eigenvalue weighted by atomic mass is 10.0. The Morgan fingerprint density at radius 1 is 0.917 bits per heavy atom. The summed E-state index contributed by atoms with van der Waals surface area (Å²) in [6.07, 6.45) is 10.9. The molecular formula is C26H44N4O5S. The van der Waals surface area contributed by atoms with Gasteiger partial charge in [0.1, 0.15) is 6.04 Å². The normalized spacial score (nSPS) is 13.4. The number of carboxylic acids is 1. The van der Waals surface area contributed by atoms with Gasteiger partial charge in [-0.2, -0.15) is 11.8 Å². The summed E-state index contributed by atoms with van der Waals surface area (Å²) < 4.78 is 0. The molecule has 0 rings (SSSR count). The van der Waals surface area contributed by atoms with Gasteiger partial charge in [0.05, 0.1) is 5.92 Å². The van der Waals surface area contributed by atoms with Gasteiger partial charge in [-0.05, 0) is 59.8 Å². The van der Waals surface area contributed by atoms with Gasteiger partial charge < -0.3 is 26.8 Å². The van der Waals surface area contributed by atoms with Gasteiger partial charge in [0, 0.05) is 31.5 Å². The Kier molecular flexibility index (Phi) is 18.0. The van der Waals surface area contributed by atoms with Crippen LogP contribution in [0.5, 0.6) is 0 Å². The summed E-state index contributed by atoms with van der Waals surface area (Å²) >= 11 is 1.43. The first-order valence-corrected chi connectivity index (χ1v) is 13.4. The van der Waals surface area contributed by atoms with Crippen molar-refractivity contribution in [2.45, 2.75) is 72.8 Å². The van der Waals surface area contributed by atoms with Crippen LogP contribution in [0.4, 0.5) is 4.79 Å². The zero-order valence-electron chi connectivity index (χ0n) is 22.3. The van der Waals surface area contributed by atoms with Crippen molar-refractivity contribution >= 4 is 35.6 Å². The number of carboxylic acid groups (broad SMARTS) is 1. The topological polar surface area (TPSA) is 151 Å². The predicted molar refractivity (Wildman–Crippen MR) is 147 cm³/mol. The molecule has 6 N–H and O–H groups in total. The number of amides is 4. The smallest absolute Gasteiger partial charge is 0.327 e. The average molecular weight is 525 g/mol. The van der Waals surface area contributed by atoms with E-state index < -0.39 is 29.9 Å². The number of nitrogens with two attached hydrogens (primary N) is 1. The first-order valence-electron chi connectivity index (χ1n) is 12.3. The van der Waals surface area contributed by atoms with Crippen LogP contribution in [-0.4, -0.2) is 59.6 Å². The number of urea groups is 1. The summed E-state index contributed by atoms with van der Waals surface area (Å²) in [5.41, 5.74) is 9.01. The first-order chi connectivity index (χ1) is 16.9. The molecular weight excluding hydrogens is 480 g/mol. The molecule has 2 unspecified atom stereocenters. The molecule has 0 saturated heterocycles. The highest BCUT2D eigenvalue weighted by molar-refractivity contribution is 7.99. The van der Waals surface area contributed by atoms with Gasteiger partial charge in [-0.1, -0.05) is 34.9 Å². The Morgan fingerprint density at radius 3 is 2.08 bits per heavy atom. The molecule has 36 heavy (non-hydrogen) atoms. The molecule has 4 amide bonds. The second kappa shape index (κ2) is 19.4. The summed E-state index contributed by atoms with van der Waals surface area (Å²) in [5, 5.41) is 17.0. The van der Waals surface area contributed by atoms with Crippen LogP contribution in [0.1, 0.15) is 66.7 Å². The molecule has 0 radical (unpaired) electrons. The maximum absolute atomic E-state index is 12.7. The lowest BCUT2D eigenvalue weighted by Crippen LogP contribution is -2.48. The Morgan fingerprint density at radius 2 is 1.53 bits per heavy atom. The predicted octanol–water partition coefficient (Wildman–Crippen LogP) is 3.52. The van der Waals surface area contributed by atoms with E-state index in [0.29, 0.717) is 5.75 Å². The Labute approximate surface area is 219 Å². The molecule has 0 heterocycles. The van der Waals surface area contributed by atoms with Crippen molar-refractivity contribution in [2.75, 3.05) is 24.6 Å². The SMILES string of the molecule is CC(=O)NCC(CCNC(N)=O)C(=O)NC(CSCC=C(C)CCC=C(C)CCC=C(C)C)C(=O)O. The second-order valence-electron chi connectivity index (χ2n) is 9.11. The zero-order chi connectivity index (χ0) is 27.5. The van der Waals surface area contributed by atoms with E-state index in [0.717, 1.165) is 25.7 Å². The number of nitrogens with one attached hydrogen (secondary N) is 3. The van der Waals surface area contributed by atoms with Gasteiger partial charge in [0.15, 0.2) is 0 Å². The van der Waals surface area contributed by atoms with Gasteiger partial charge in [0.25, 0.3) is 0 Å². The van der Waals surface area contributed by atoms with Crippen LogP contribution in [0.15, 0.2) is 34.9 Å². The number of rotatable bonds is 18. The van der Waals surface area contributed by atoms with E-state index >= 15 is 0 Å². The number of carbonyl (C=O) groups is 4. The van der Waals surface area contributed by atoms with Crippen LogP contribution in [0.3, 0.4) is 0 Å². The van der Waals surface area contributed by atoms with E-state index in [1.807, 2.05) is 0 Å². The van der Waals surface area contributed by atoms with E-state index in [2.05, 4.69) is 61.9 Å². The minimum atomic E-state index is -1.13. The highest BCUT2D eigenvalue weighted by Crippen LogP contribution is 2.13. The maximum atomic E-state index is 12.7. The minimum absolute atomic E-state index is 0.0336. The molecule has 0 aromatic carbocycles. The van der Waals surface area contributed by atoms with Crippen molar-refractivity contribution in [2.24, 2.45) is 11.7 Å². The molecule has 0 aromatic heterocycles. The van der Waals surface area contributed by atoms with E-state index in [1.54, 1.807) is 0 Å². The molecule has 2 atom stereocenters. The molecule has 10 heteroatoms. The molecule has 0 aliphatic rings. The Balaban J connectivity index is 4.65. The molecule has 0 saturated carbocycles. The van der Waals surface area contributed by atoms with Crippen molar-refractivity contribution in [1.29, 1.82) is 0 Å². The summed E-state index contributed by atoms with van der Waals surface area (Å²) in [5.74, 6) is -1.78. The van der Waals surface area contributed by atoms with Gasteiger partial charge >= 0.3 is 12.0 Å². The Hall–Kier alpha value is -2.75. The van der Waals surface area contributed by atoms with Crippen molar-refractivity contribution < 1.29 is 24.3 Å². The number of aliphatic carboxylic acids is 1. The first kappa shape index (κ1) is 33.2. The van der Waals surface area contributed by atoms with Crippen LogP contribution in [0.2, 0.25) is 0 Å². The molecule has 0 fully saturated rings. The average Bonchev–Trinajstić information content (AvgIpc) is 2.77. The van der Waals surface area contributed by atoms with Crippen LogP contribution in [0, 0.1) is 5.92 Å². The van der Waals surface area contributed by atoms with Crippen molar-refractivity contribution in [1.82, 2.24) is 16.0 Å². The van der Waals surface area contributed by atoms with E-state index in [1.165, 1.54) is 35.4 Å². The number of thioether (sulfide) groups is 1. The monoisotopic (exact) mass is 524 g/mol. The largest absolute Gasteiger partial charge is 0.480 e. The minimum Gasteiger partial charge on any atom is -0.480 e. The quantitative estimate of drug-likeness (QED) is 0.137. The fraction of sp³-hybridized carbons (Fsp3) is 0.615. The van der Waals surface area contributed by atoms with E-state index in [4.69, 9.17) is 5.73 Å². The maximum Gasteiger partial charge on any atom is 0.327 e. The molecule has 9 nitrogen and oxygen atoms in total. The van der Waals surface area contributed by atoms with Crippen LogP contribution in [0.25, 0.3) is 0 Å². The van der Waals surface area contributed by atoms with E-state index in [9.17, 15) is 24.3 Å². The third-order valence-corrected chi connectivity index (χ3v) is 6.30. The van der Waals surface area contributed by atoms with Crippen LogP contribution in [-0.2, 0) is 14.4 Å². The van der Waals surface area contributed by atoms with Crippen LogP contribution < -0.4 is 21.7 Å². The fourth-order valence-electron chi connectivity index (χ4n) is 3.15. The molecule has 0 aliphatic carbocycles. The van der Waals surface area contributed by atoms with Gasteiger partial charge in [-0.3, -0.25) is 9.59 Å². The molecule has 0 aliphatic heterocycles. The zero-order valence-corrected chi connectivity index (χ0v) is 23.1.